The van der Waals surface area contributed by atoms with Crippen molar-refractivity contribution in [3.05, 3.63) is 64.3 Å². The summed E-state index contributed by atoms with van der Waals surface area (Å²) >= 11 is 0. The number of hydrogen-bond acceptors (Lipinski definition) is 24. The fraction of sp³-hybridized carbons (Fsp3) is 0.442. The molecule has 3 aliphatic heterocycles. The van der Waals surface area contributed by atoms with Crippen LogP contribution < -0.4 is 19.6 Å². The van der Waals surface area contributed by atoms with Crippen molar-refractivity contribution in [2.75, 3.05) is 34.0 Å². The van der Waals surface area contributed by atoms with Gasteiger partial charge in [0.15, 0.2) is 53.0 Å². The van der Waals surface area contributed by atoms with E-state index in [4.69, 9.17) is 47.0 Å². The smallest absolute Gasteiger partial charge is 0.330 e. The van der Waals surface area contributed by atoms with Gasteiger partial charge >= 0.3 is 5.97 Å². The molecule has 12 N–H and O–H groups in total. The summed E-state index contributed by atoms with van der Waals surface area (Å²) in [6, 6.07) is 7.79. The number of hydrogen-bond donors (Lipinski definition) is 12. The molecule has 0 radical (unpaired) electrons. The number of esters is 1. The highest BCUT2D eigenvalue weighted by Gasteiger charge is 2.55. The summed E-state index contributed by atoms with van der Waals surface area (Å²) in [5, 5.41) is 128. The predicted octanol–water partition coefficient (Wildman–Crippen LogP) is -1.24. The Morgan fingerprint density at radius 1 is 0.806 bits per heavy atom. The molecule has 364 valence electrons. The number of carbonyl (C=O) groups is 1. The summed E-state index contributed by atoms with van der Waals surface area (Å²) in [5.74, 6) is -5.08. The van der Waals surface area contributed by atoms with Gasteiger partial charge in [0.2, 0.25) is 23.2 Å². The van der Waals surface area contributed by atoms with Crippen LogP contribution in [-0.2, 0) is 33.2 Å². The molecule has 24 nitrogen and oxygen atoms in total. The van der Waals surface area contributed by atoms with Crippen LogP contribution in [0.4, 0.5) is 0 Å². The van der Waals surface area contributed by atoms with Gasteiger partial charge in [-0.3, -0.25) is 4.79 Å². The van der Waals surface area contributed by atoms with Crippen molar-refractivity contribution in [3.8, 4) is 57.3 Å². The monoisotopic (exact) mass is 948 g/mol. The Labute approximate surface area is 377 Å². The molecular weight excluding hydrogens is 900 g/mol. The second-order valence-corrected chi connectivity index (χ2v) is 15.8. The van der Waals surface area contributed by atoms with Gasteiger partial charge in [0.05, 0.1) is 33.5 Å². The summed E-state index contributed by atoms with van der Waals surface area (Å²) in [6.07, 6.45) is -19.3. The van der Waals surface area contributed by atoms with E-state index >= 15 is 0 Å². The first kappa shape index (κ1) is 48.9. The highest BCUT2D eigenvalue weighted by atomic mass is 16.8. The third kappa shape index (κ3) is 9.87. The molecule has 0 unspecified atom stereocenters. The van der Waals surface area contributed by atoms with Gasteiger partial charge in [-0.05, 0) is 48.9 Å². The number of phenols is 5. The van der Waals surface area contributed by atoms with E-state index in [9.17, 15) is 70.9 Å². The van der Waals surface area contributed by atoms with E-state index in [1.54, 1.807) is 0 Å². The number of aliphatic hydroxyl groups is 7. The van der Waals surface area contributed by atoms with E-state index in [1.165, 1.54) is 45.4 Å². The molecule has 7 rings (SSSR count). The Morgan fingerprint density at radius 2 is 1.51 bits per heavy atom. The Balaban J connectivity index is 1.17. The molecule has 0 saturated carbocycles. The lowest BCUT2D eigenvalue weighted by molar-refractivity contribution is -0.335. The third-order valence-corrected chi connectivity index (χ3v) is 11.2. The zero-order valence-corrected chi connectivity index (χ0v) is 35.5. The Kier molecular flexibility index (Phi) is 14.4. The van der Waals surface area contributed by atoms with E-state index in [2.05, 4.69) is 0 Å². The summed E-state index contributed by atoms with van der Waals surface area (Å²) in [5.41, 5.74) is -3.67. The molecule has 4 heterocycles. The fourth-order valence-electron chi connectivity index (χ4n) is 7.44. The molecule has 0 spiro atoms. The van der Waals surface area contributed by atoms with Crippen molar-refractivity contribution in [2.45, 2.75) is 86.3 Å². The minimum atomic E-state index is -2.36. The van der Waals surface area contributed by atoms with Gasteiger partial charge in [-0.25, -0.2) is 4.79 Å². The van der Waals surface area contributed by atoms with Crippen LogP contribution in [0, 0.1) is 0 Å². The summed E-state index contributed by atoms with van der Waals surface area (Å²) in [6.45, 7) is -0.990. The van der Waals surface area contributed by atoms with Gasteiger partial charge in [-0.1, -0.05) is 0 Å². The summed E-state index contributed by atoms with van der Waals surface area (Å²) < 4.78 is 55.8. The average Bonchev–Trinajstić information content (AvgIpc) is 3.58. The molecule has 3 saturated heterocycles. The lowest BCUT2D eigenvalue weighted by atomic mass is 9.97. The maximum Gasteiger partial charge on any atom is 0.330 e. The Morgan fingerprint density at radius 3 is 2.18 bits per heavy atom. The lowest BCUT2D eigenvalue weighted by Gasteiger charge is -2.44. The number of fused-ring (bicyclic) bond motifs is 1. The first-order valence-electron chi connectivity index (χ1n) is 20.3. The molecule has 0 amide bonds. The summed E-state index contributed by atoms with van der Waals surface area (Å²) in [7, 11) is 2.61. The van der Waals surface area contributed by atoms with Gasteiger partial charge in [0, 0.05) is 23.8 Å². The van der Waals surface area contributed by atoms with E-state index in [0.29, 0.717) is 5.56 Å². The zero-order valence-electron chi connectivity index (χ0n) is 35.5. The Bertz CT molecular complexity index is 2500. The minimum absolute atomic E-state index is 0.0431. The van der Waals surface area contributed by atoms with Gasteiger partial charge in [-0.2, -0.15) is 0 Å². The molecule has 3 fully saturated rings. The van der Waals surface area contributed by atoms with Gasteiger partial charge in [0.25, 0.3) is 0 Å². The number of carbonyl (C=O) groups excluding carboxylic acids is 1. The average molecular weight is 949 g/mol. The SMILES string of the molecule is COc1cc(/C=C/C(=O)OC[C@@]2(O)CO[C@@H](O[C@H]3[C@H](Oc4c(-c5ccc(O)c(O)c5)oc5cc(O)cc(O)c5c4=O)O[C@H](CO[C@@H]4O[C@@H](C)[C@H](O)[C@@H](O)[C@H]4O)[C@@H](O)[C@@H]3O)[C@@H]2O)cc(OC)c1O. The van der Waals surface area contributed by atoms with E-state index < -0.39 is 151 Å². The Hall–Kier alpha value is -6.00. The molecule has 0 aliphatic carbocycles. The van der Waals surface area contributed by atoms with Gasteiger partial charge in [-0.15, -0.1) is 0 Å². The third-order valence-electron chi connectivity index (χ3n) is 11.2. The van der Waals surface area contributed by atoms with Crippen LogP contribution in [0.1, 0.15) is 12.5 Å². The molecule has 0 bridgehead atoms. The standard InChI is InChI=1S/C43H48O24/c1-16-29(49)33(53)35(55)40(63-16)60-13-26-31(51)34(54)38(67-42-39(56)43(57,15-62-42)14-61-27(48)7-4-17-8-24(58-2)30(50)25(9-17)59-3)41(65-26)66-37-32(52)28-22(47)11-19(44)12-23(28)64-36(37)18-5-6-20(45)21(46)10-18/h4-12,16,26,29,31,33-35,38-42,44-47,49-51,53-57H,13-15H2,1-3H3/b7-4+/t16-,26+,29-,31+,33+,34-,35+,38+,39-,40+,41-,42-,43+/m0/s1. The second-order valence-electron chi connectivity index (χ2n) is 15.8. The first-order chi connectivity index (χ1) is 31.7. The van der Waals surface area contributed by atoms with E-state index in [1.807, 2.05) is 0 Å². The highest BCUT2D eigenvalue weighted by molar-refractivity contribution is 5.89. The largest absolute Gasteiger partial charge is 0.508 e. The van der Waals surface area contributed by atoms with Crippen molar-refractivity contribution < 1.29 is 113 Å². The maximum atomic E-state index is 14.3. The number of rotatable bonds is 14. The van der Waals surface area contributed by atoms with Crippen LogP contribution in [-0.4, -0.2) is 181 Å². The predicted molar refractivity (Wildman–Crippen MR) is 221 cm³/mol. The first-order valence-corrected chi connectivity index (χ1v) is 20.3. The minimum Gasteiger partial charge on any atom is -0.508 e. The van der Waals surface area contributed by atoms with Crippen molar-refractivity contribution in [2.24, 2.45) is 0 Å². The molecular formula is C43H48O24. The van der Waals surface area contributed by atoms with Crippen molar-refractivity contribution >= 4 is 23.0 Å². The molecule has 4 aromatic rings. The molecule has 13 atom stereocenters. The van der Waals surface area contributed by atoms with E-state index in [0.717, 1.165) is 30.3 Å². The van der Waals surface area contributed by atoms with Crippen LogP contribution in [0.2, 0.25) is 0 Å². The molecule has 1 aromatic heterocycles. The maximum absolute atomic E-state index is 14.3. The zero-order chi connectivity index (χ0) is 48.6. The number of phenolic OH excluding ortho intramolecular Hbond substituents is 5. The van der Waals surface area contributed by atoms with Crippen molar-refractivity contribution in [1.29, 1.82) is 0 Å². The van der Waals surface area contributed by atoms with Gasteiger partial charge in [0.1, 0.15) is 71.8 Å². The highest BCUT2D eigenvalue weighted by Crippen LogP contribution is 2.41. The number of benzene rings is 3. The molecule has 67 heavy (non-hydrogen) atoms. The van der Waals surface area contributed by atoms with Crippen LogP contribution >= 0.6 is 0 Å². The second kappa shape index (κ2) is 19.7. The van der Waals surface area contributed by atoms with Crippen LogP contribution in [0.25, 0.3) is 28.4 Å². The van der Waals surface area contributed by atoms with Crippen LogP contribution in [0.5, 0.6) is 46.0 Å². The number of ether oxygens (including phenoxy) is 9. The molecule has 24 heteroatoms. The summed E-state index contributed by atoms with van der Waals surface area (Å²) in [4.78, 5) is 27.0. The number of aliphatic hydroxyl groups excluding tert-OH is 6. The van der Waals surface area contributed by atoms with Crippen molar-refractivity contribution in [1.82, 2.24) is 0 Å². The quantitative estimate of drug-likeness (QED) is 0.0400. The van der Waals surface area contributed by atoms with Crippen molar-refractivity contribution in [3.63, 3.8) is 0 Å². The van der Waals surface area contributed by atoms with Gasteiger partial charge < -0.3 is 108 Å². The number of methoxy groups -OCH3 is 2. The lowest BCUT2D eigenvalue weighted by Crippen LogP contribution is -2.63. The van der Waals surface area contributed by atoms with E-state index in [-0.39, 0.29) is 28.4 Å². The van der Waals surface area contributed by atoms with Crippen LogP contribution in [0.15, 0.2) is 57.8 Å². The fourth-order valence-corrected chi connectivity index (χ4v) is 7.44. The topological polar surface area (TPSA) is 373 Å². The number of aromatic hydroxyl groups is 5. The van der Waals surface area contributed by atoms with Crippen LogP contribution in [0.3, 0.4) is 0 Å². The molecule has 3 aromatic carbocycles. The normalized spacial score (nSPS) is 31.0. The molecule has 3 aliphatic rings.